The number of nitrogens with zero attached hydrogens (tertiary/aromatic N) is 4. The van der Waals surface area contributed by atoms with Crippen LogP contribution in [-0.2, 0) is 17.9 Å². The molecule has 0 saturated carbocycles. The van der Waals surface area contributed by atoms with Gasteiger partial charge < -0.3 is 15.1 Å². The van der Waals surface area contributed by atoms with E-state index in [1.54, 1.807) is 19.1 Å². The maximum absolute atomic E-state index is 12.9. The molecule has 0 aliphatic carbocycles. The Kier molecular flexibility index (Phi) is 6.28. The van der Waals surface area contributed by atoms with Gasteiger partial charge in [-0.15, -0.1) is 0 Å². The molecule has 0 fully saturated rings. The Bertz CT molecular complexity index is 1030. The number of anilines is 1. The molecule has 3 aromatic rings. The minimum Gasteiger partial charge on any atom is -0.467 e. The molecule has 160 valence electrons. The molecule has 0 spiro atoms. The molecular weight excluding hydrogens is 398 g/mol. The SMILES string of the molecule is CCn1cc(NC(=O)C(C)n2nc(C(F)F)cc2C)c(C(=O)NCc2ccco2)n1. The fraction of sp³-hybridized carbons (Fsp3) is 0.368. The standard InChI is InChI=1S/C19H22F2N6O3/c1-4-26-10-15(16(25-26)19(29)22-9-13-6-5-7-30-13)23-18(28)12(3)27-11(2)8-14(24-27)17(20)21/h5-8,10,12,17H,4,9H2,1-3H3,(H,22,29)(H,23,28). The zero-order chi connectivity index (χ0) is 21.8. The van der Waals surface area contributed by atoms with E-state index in [0.717, 1.165) is 0 Å². The van der Waals surface area contributed by atoms with Gasteiger partial charge in [-0.25, -0.2) is 8.78 Å². The molecule has 0 aliphatic rings. The monoisotopic (exact) mass is 420 g/mol. The second-order valence-electron chi connectivity index (χ2n) is 6.63. The lowest BCUT2D eigenvalue weighted by Crippen LogP contribution is -2.28. The molecule has 0 radical (unpaired) electrons. The number of carbonyl (C=O) groups excluding carboxylic acids is 2. The van der Waals surface area contributed by atoms with Crippen molar-refractivity contribution in [1.29, 1.82) is 0 Å². The van der Waals surface area contributed by atoms with E-state index in [9.17, 15) is 18.4 Å². The molecule has 1 unspecified atom stereocenters. The van der Waals surface area contributed by atoms with E-state index < -0.39 is 30.0 Å². The van der Waals surface area contributed by atoms with Gasteiger partial charge in [0, 0.05) is 18.4 Å². The normalized spacial score (nSPS) is 12.2. The first-order valence-electron chi connectivity index (χ1n) is 9.33. The van der Waals surface area contributed by atoms with Crippen LogP contribution in [-0.4, -0.2) is 31.4 Å². The summed E-state index contributed by atoms with van der Waals surface area (Å²) in [7, 11) is 0. The highest BCUT2D eigenvalue weighted by Gasteiger charge is 2.24. The van der Waals surface area contributed by atoms with Gasteiger partial charge in [-0.3, -0.25) is 19.0 Å². The Morgan fingerprint density at radius 1 is 1.30 bits per heavy atom. The zero-order valence-corrected chi connectivity index (χ0v) is 16.7. The summed E-state index contributed by atoms with van der Waals surface area (Å²) in [6, 6.07) is 3.78. The summed E-state index contributed by atoms with van der Waals surface area (Å²) >= 11 is 0. The van der Waals surface area contributed by atoms with Gasteiger partial charge in [-0.1, -0.05) is 0 Å². The smallest absolute Gasteiger partial charge is 0.282 e. The third kappa shape index (κ3) is 4.56. The zero-order valence-electron chi connectivity index (χ0n) is 16.7. The van der Waals surface area contributed by atoms with Gasteiger partial charge in [0.1, 0.15) is 17.5 Å². The van der Waals surface area contributed by atoms with Crippen molar-refractivity contribution in [2.75, 3.05) is 5.32 Å². The summed E-state index contributed by atoms with van der Waals surface area (Å²) in [5.41, 5.74) is 0.275. The summed E-state index contributed by atoms with van der Waals surface area (Å²) in [4.78, 5) is 25.3. The molecule has 0 bridgehead atoms. The average molecular weight is 420 g/mol. The van der Waals surface area contributed by atoms with Gasteiger partial charge in [-0.2, -0.15) is 10.2 Å². The Morgan fingerprint density at radius 3 is 2.67 bits per heavy atom. The summed E-state index contributed by atoms with van der Waals surface area (Å²) in [5.74, 6) is -0.434. The van der Waals surface area contributed by atoms with E-state index in [1.807, 2.05) is 6.92 Å². The fourth-order valence-corrected chi connectivity index (χ4v) is 2.87. The molecule has 2 amide bonds. The first-order valence-corrected chi connectivity index (χ1v) is 9.33. The third-order valence-corrected chi connectivity index (χ3v) is 4.47. The van der Waals surface area contributed by atoms with Crippen LogP contribution in [0.1, 0.15) is 54.0 Å². The summed E-state index contributed by atoms with van der Waals surface area (Å²) in [6.45, 7) is 5.61. The second kappa shape index (κ2) is 8.89. The van der Waals surface area contributed by atoms with Crippen molar-refractivity contribution in [1.82, 2.24) is 24.9 Å². The molecule has 3 heterocycles. The van der Waals surface area contributed by atoms with Gasteiger partial charge in [0.2, 0.25) is 5.91 Å². The van der Waals surface area contributed by atoms with E-state index in [-0.39, 0.29) is 17.9 Å². The highest BCUT2D eigenvalue weighted by atomic mass is 19.3. The maximum atomic E-state index is 12.9. The van der Waals surface area contributed by atoms with Crippen LogP contribution in [0, 0.1) is 6.92 Å². The molecule has 11 heteroatoms. The molecule has 9 nitrogen and oxygen atoms in total. The average Bonchev–Trinajstić information content (AvgIpc) is 3.45. The van der Waals surface area contributed by atoms with Crippen LogP contribution >= 0.6 is 0 Å². The van der Waals surface area contributed by atoms with Gasteiger partial charge in [0.05, 0.1) is 18.5 Å². The van der Waals surface area contributed by atoms with E-state index in [2.05, 4.69) is 20.8 Å². The number of alkyl halides is 2. The van der Waals surface area contributed by atoms with Crippen molar-refractivity contribution in [3.8, 4) is 0 Å². The van der Waals surface area contributed by atoms with Crippen LogP contribution in [0.25, 0.3) is 0 Å². The van der Waals surface area contributed by atoms with Crippen molar-refractivity contribution in [2.24, 2.45) is 0 Å². The highest BCUT2D eigenvalue weighted by Crippen LogP contribution is 2.22. The summed E-state index contributed by atoms with van der Waals surface area (Å²) < 4.78 is 33.7. The molecule has 3 aromatic heterocycles. The number of carbonyl (C=O) groups is 2. The Balaban J connectivity index is 1.75. The van der Waals surface area contributed by atoms with Crippen molar-refractivity contribution in [3.63, 3.8) is 0 Å². The van der Waals surface area contributed by atoms with Gasteiger partial charge in [0.15, 0.2) is 5.69 Å². The maximum Gasteiger partial charge on any atom is 0.282 e. The summed E-state index contributed by atoms with van der Waals surface area (Å²) in [5, 5.41) is 13.3. The second-order valence-corrected chi connectivity index (χ2v) is 6.63. The number of hydrogen-bond acceptors (Lipinski definition) is 5. The molecule has 30 heavy (non-hydrogen) atoms. The molecule has 0 saturated heterocycles. The molecule has 0 aliphatic heterocycles. The number of aromatic nitrogens is 4. The van der Waals surface area contributed by atoms with Crippen molar-refractivity contribution in [3.05, 3.63) is 53.5 Å². The number of aryl methyl sites for hydroxylation is 2. The van der Waals surface area contributed by atoms with E-state index in [0.29, 0.717) is 18.0 Å². The molecule has 0 aromatic carbocycles. The van der Waals surface area contributed by atoms with Crippen molar-refractivity contribution in [2.45, 2.75) is 46.3 Å². The van der Waals surface area contributed by atoms with E-state index >= 15 is 0 Å². The lowest BCUT2D eigenvalue weighted by Gasteiger charge is -2.14. The minimum atomic E-state index is -2.73. The largest absolute Gasteiger partial charge is 0.467 e. The van der Waals surface area contributed by atoms with Crippen LogP contribution in [0.3, 0.4) is 0 Å². The Hall–Kier alpha value is -3.50. The number of rotatable bonds is 8. The van der Waals surface area contributed by atoms with Crippen molar-refractivity contribution >= 4 is 17.5 Å². The minimum absolute atomic E-state index is 0.0365. The quantitative estimate of drug-likeness (QED) is 0.582. The van der Waals surface area contributed by atoms with Gasteiger partial charge >= 0.3 is 0 Å². The van der Waals surface area contributed by atoms with E-state index in [4.69, 9.17) is 4.42 Å². The molecule has 1 atom stereocenters. The molecular formula is C19H22F2N6O3. The number of furan rings is 1. The Morgan fingerprint density at radius 2 is 2.07 bits per heavy atom. The van der Waals surface area contributed by atoms with Crippen LogP contribution < -0.4 is 10.6 Å². The third-order valence-electron chi connectivity index (χ3n) is 4.47. The number of halogens is 2. The topological polar surface area (TPSA) is 107 Å². The van der Waals surface area contributed by atoms with Crippen LogP contribution in [0.2, 0.25) is 0 Å². The first kappa shape index (κ1) is 21.2. The van der Waals surface area contributed by atoms with Crippen molar-refractivity contribution < 1.29 is 22.8 Å². The predicted octanol–water partition coefficient (Wildman–Crippen LogP) is 3.07. The lowest BCUT2D eigenvalue weighted by atomic mass is 10.2. The first-order chi connectivity index (χ1) is 14.3. The molecule has 2 N–H and O–H groups in total. The van der Waals surface area contributed by atoms with E-state index in [1.165, 1.54) is 34.8 Å². The van der Waals surface area contributed by atoms with Gasteiger partial charge in [-0.05, 0) is 39.0 Å². The Labute approximate surface area is 171 Å². The number of amides is 2. The number of hydrogen-bond donors (Lipinski definition) is 2. The van der Waals surface area contributed by atoms with Gasteiger partial charge in [0.25, 0.3) is 12.3 Å². The van der Waals surface area contributed by atoms with Crippen LogP contribution in [0.4, 0.5) is 14.5 Å². The van der Waals surface area contributed by atoms with Crippen LogP contribution in [0.15, 0.2) is 35.1 Å². The predicted molar refractivity (Wildman–Crippen MR) is 103 cm³/mol. The molecule has 3 rings (SSSR count). The summed E-state index contributed by atoms with van der Waals surface area (Å²) in [6.07, 6.45) is 0.303. The number of nitrogens with one attached hydrogen (secondary N) is 2. The highest BCUT2D eigenvalue weighted by molar-refractivity contribution is 6.02. The fourth-order valence-electron chi connectivity index (χ4n) is 2.87. The lowest BCUT2D eigenvalue weighted by molar-refractivity contribution is -0.119. The van der Waals surface area contributed by atoms with Crippen LogP contribution in [0.5, 0.6) is 0 Å².